The molecule has 0 unspecified atom stereocenters. The lowest BCUT2D eigenvalue weighted by atomic mass is 10.00. The minimum atomic E-state index is -0.566. The predicted octanol–water partition coefficient (Wildman–Crippen LogP) is -0.302. The van der Waals surface area contributed by atoms with Crippen LogP contribution in [0.15, 0.2) is 0 Å². The third-order valence-corrected chi connectivity index (χ3v) is 4.47. The standard InChI is InChI=1S/C14H25N3O3/c1-2-10-5-3-4-6-17(10)13(19)9-16-8-11(18)7-12(16)14(15)20/h10-12,18H,2-9H2,1H3,(H2,15,20)/t10-,11-,12+/m1/s1. The topological polar surface area (TPSA) is 86.9 Å². The molecule has 0 aromatic rings. The fraction of sp³-hybridized carbons (Fsp3) is 0.857. The van der Waals surface area contributed by atoms with E-state index in [1.54, 1.807) is 4.90 Å². The van der Waals surface area contributed by atoms with Crippen LogP contribution in [0.4, 0.5) is 0 Å². The third kappa shape index (κ3) is 3.30. The van der Waals surface area contributed by atoms with Gasteiger partial charge in [-0.15, -0.1) is 0 Å². The van der Waals surface area contributed by atoms with E-state index in [0.29, 0.717) is 19.0 Å². The van der Waals surface area contributed by atoms with Crippen LogP contribution in [0.25, 0.3) is 0 Å². The number of likely N-dealkylation sites (tertiary alicyclic amines) is 2. The first-order chi connectivity index (χ1) is 9.52. The predicted molar refractivity (Wildman–Crippen MR) is 74.8 cm³/mol. The van der Waals surface area contributed by atoms with Crippen LogP contribution in [0.1, 0.15) is 39.0 Å². The van der Waals surface area contributed by atoms with Gasteiger partial charge in [0.15, 0.2) is 0 Å². The number of aliphatic hydroxyl groups is 1. The molecule has 2 aliphatic heterocycles. The van der Waals surface area contributed by atoms with Gasteiger partial charge in [0.1, 0.15) is 0 Å². The zero-order chi connectivity index (χ0) is 14.7. The van der Waals surface area contributed by atoms with Crippen LogP contribution in [0.3, 0.4) is 0 Å². The van der Waals surface area contributed by atoms with E-state index >= 15 is 0 Å². The highest BCUT2D eigenvalue weighted by Gasteiger charge is 2.37. The molecule has 2 rings (SSSR count). The summed E-state index contributed by atoms with van der Waals surface area (Å²) in [6.45, 7) is 3.43. The van der Waals surface area contributed by atoms with Crippen molar-refractivity contribution in [1.82, 2.24) is 9.80 Å². The Kier molecular flexibility index (Phi) is 4.99. The van der Waals surface area contributed by atoms with Gasteiger partial charge in [-0.1, -0.05) is 6.92 Å². The van der Waals surface area contributed by atoms with E-state index in [2.05, 4.69) is 6.92 Å². The highest BCUT2D eigenvalue weighted by molar-refractivity contribution is 5.83. The van der Waals surface area contributed by atoms with Gasteiger partial charge in [-0.2, -0.15) is 0 Å². The molecule has 3 N–H and O–H groups in total. The summed E-state index contributed by atoms with van der Waals surface area (Å²) in [5.41, 5.74) is 5.34. The molecule has 0 aliphatic carbocycles. The van der Waals surface area contributed by atoms with Gasteiger partial charge in [-0.25, -0.2) is 0 Å². The average molecular weight is 283 g/mol. The molecule has 2 heterocycles. The Bertz CT molecular complexity index is 375. The molecule has 0 bridgehead atoms. The number of hydrogen-bond acceptors (Lipinski definition) is 4. The van der Waals surface area contributed by atoms with Crippen LogP contribution >= 0.6 is 0 Å². The van der Waals surface area contributed by atoms with E-state index in [0.717, 1.165) is 25.8 Å². The smallest absolute Gasteiger partial charge is 0.237 e. The molecule has 6 nitrogen and oxygen atoms in total. The monoisotopic (exact) mass is 283 g/mol. The number of piperidine rings is 1. The van der Waals surface area contributed by atoms with Gasteiger partial charge in [0.25, 0.3) is 0 Å². The van der Waals surface area contributed by atoms with E-state index in [-0.39, 0.29) is 12.5 Å². The Labute approximate surface area is 119 Å². The molecule has 2 fully saturated rings. The summed E-state index contributed by atoms with van der Waals surface area (Å²) in [5.74, 6) is -0.406. The number of aliphatic hydroxyl groups excluding tert-OH is 1. The lowest BCUT2D eigenvalue weighted by Crippen LogP contribution is -2.50. The van der Waals surface area contributed by atoms with Crippen molar-refractivity contribution in [3.63, 3.8) is 0 Å². The molecule has 3 atom stereocenters. The Balaban J connectivity index is 1.97. The number of carbonyl (C=O) groups is 2. The van der Waals surface area contributed by atoms with Gasteiger partial charge in [0.2, 0.25) is 11.8 Å². The van der Waals surface area contributed by atoms with Crippen molar-refractivity contribution < 1.29 is 14.7 Å². The molecule has 0 spiro atoms. The van der Waals surface area contributed by atoms with Crippen molar-refractivity contribution in [2.75, 3.05) is 19.6 Å². The lowest BCUT2D eigenvalue weighted by Gasteiger charge is -2.36. The van der Waals surface area contributed by atoms with Crippen LogP contribution in [-0.2, 0) is 9.59 Å². The van der Waals surface area contributed by atoms with E-state index in [1.165, 1.54) is 6.42 Å². The van der Waals surface area contributed by atoms with Crippen molar-refractivity contribution in [1.29, 1.82) is 0 Å². The summed E-state index contributed by atoms with van der Waals surface area (Å²) in [7, 11) is 0. The second kappa shape index (κ2) is 6.54. The first-order valence-corrected chi connectivity index (χ1v) is 7.53. The molecule has 20 heavy (non-hydrogen) atoms. The lowest BCUT2D eigenvalue weighted by molar-refractivity contribution is -0.137. The fourth-order valence-electron chi connectivity index (χ4n) is 3.37. The number of primary amides is 1. The normalized spacial score (nSPS) is 31.5. The first-order valence-electron chi connectivity index (χ1n) is 7.53. The summed E-state index contributed by atoms with van der Waals surface area (Å²) >= 11 is 0. The van der Waals surface area contributed by atoms with Gasteiger partial charge in [0.05, 0.1) is 18.7 Å². The maximum atomic E-state index is 12.4. The van der Waals surface area contributed by atoms with Crippen molar-refractivity contribution in [3.05, 3.63) is 0 Å². The van der Waals surface area contributed by atoms with E-state index in [4.69, 9.17) is 5.73 Å². The van der Waals surface area contributed by atoms with Crippen LogP contribution < -0.4 is 5.73 Å². The molecule has 0 aromatic carbocycles. The molecular weight excluding hydrogens is 258 g/mol. The maximum absolute atomic E-state index is 12.4. The average Bonchev–Trinajstić information content (AvgIpc) is 2.79. The fourth-order valence-corrected chi connectivity index (χ4v) is 3.37. The van der Waals surface area contributed by atoms with Gasteiger partial charge in [0, 0.05) is 19.1 Å². The molecule has 2 saturated heterocycles. The van der Waals surface area contributed by atoms with Gasteiger partial charge >= 0.3 is 0 Å². The van der Waals surface area contributed by atoms with Crippen molar-refractivity contribution in [2.24, 2.45) is 5.73 Å². The number of amides is 2. The number of rotatable bonds is 4. The number of nitrogens with zero attached hydrogens (tertiary/aromatic N) is 2. The molecule has 0 aromatic heterocycles. The van der Waals surface area contributed by atoms with E-state index in [1.807, 2.05) is 4.90 Å². The van der Waals surface area contributed by atoms with Crippen LogP contribution in [0.2, 0.25) is 0 Å². The van der Waals surface area contributed by atoms with Gasteiger partial charge in [-0.3, -0.25) is 14.5 Å². The molecule has 114 valence electrons. The molecule has 2 amide bonds. The molecule has 0 saturated carbocycles. The highest BCUT2D eigenvalue weighted by Crippen LogP contribution is 2.22. The second-order valence-corrected chi connectivity index (χ2v) is 5.88. The second-order valence-electron chi connectivity index (χ2n) is 5.88. The van der Waals surface area contributed by atoms with Crippen LogP contribution in [0, 0.1) is 0 Å². The van der Waals surface area contributed by atoms with Crippen molar-refractivity contribution in [3.8, 4) is 0 Å². The molecule has 0 radical (unpaired) electrons. The molecular formula is C14H25N3O3. The number of nitrogens with two attached hydrogens (primary N) is 1. The van der Waals surface area contributed by atoms with Crippen molar-refractivity contribution in [2.45, 2.75) is 57.2 Å². The summed E-state index contributed by atoms with van der Waals surface area (Å²) < 4.78 is 0. The SMILES string of the molecule is CC[C@@H]1CCCCN1C(=O)CN1C[C@H](O)C[C@H]1C(N)=O. The molecule has 2 aliphatic rings. The number of carbonyl (C=O) groups excluding carboxylic acids is 2. The first kappa shape index (κ1) is 15.3. The zero-order valence-corrected chi connectivity index (χ0v) is 12.1. The summed E-state index contributed by atoms with van der Waals surface area (Å²) in [6, 6.07) is -0.199. The zero-order valence-electron chi connectivity index (χ0n) is 12.1. The Morgan fingerprint density at radius 2 is 2.10 bits per heavy atom. The van der Waals surface area contributed by atoms with Crippen LogP contribution in [-0.4, -0.2) is 64.5 Å². The van der Waals surface area contributed by atoms with Crippen molar-refractivity contribution >= 4 is 11.8 Å². The Morgan fingerprint density at radius 1 is 1.35 bits per heavy atom. The third-order valence-electron chi connectivity index (χ3n) is 4.47. The summed E-state index contributed by atoms with van der Waals surface area (Å²) in [6.07, 6.45) is 4.01. The van der Waals surface area contributed by atoms with Gasteiger partial charge in [-0.05, 0) is 32.1 Å². The minimum Gasteiger partial charge on any atom is -0.392 e. The largest absolute Gasteiger partial charge is 0.392 e. The van der Waals surface area contributed by atoms with E-state index in [9.17, 15) is 14.7 Å². The number of hydrogen-bond donors (Lipinski definition) is 2. The Hall–Kier alpha value is -1.14. The summed E-state index contributed by atoms with van der Waals surface area (Å²) in [5, 5.41) is 9.67. The highest BCUT2D eigenvalue weighted by atomic mass is 16.3. The Morgan fingerprint density at radius 3 is 2.75 bits per heavy atom. The van der Waals surface area contributed by atoms with Crippen LogP contribution in [0.5, 0.6) is 0 Å². The maximum Gasteiger partial charge on any atom is 0.237 e. The summed E-state index contributed by atoms with van der Waals surface area (Å²) in [4.78, 5) is 27.5. The minimum absolute atomic E-state index is 0.0527. The van der Waals surface area contributed by atoms with Gasteiger partial charge < -0.3 is 15.7 Å². The molecule has 6 heteroatoms. The van der Waals surface area contributed by atoms with E-state index < -0.39 is 18.1 Å². The number of β-amino-alcohol motifs (C(OH)–C–C–N with tert-alkyl or cyclic N) is 1. The quantitative estimate of drug-likeness (QED) is 0.741.